The van der Waals surface area contributed by atoms with Gasteiger partial charge in [0.2, 0.25) is 5.89 Å². The molecule has 1 aliphatic rings. The fourth-order valence-corrected chi connectivity index (χ4v) is 2.68. The van der Waals surface area contributed by atoms with Crippen molar-refractivity contribution in [2.24, 2.45) is 11.8 Å². The molecule has 1 saturated carbocycles. The van der Waals surface area contributed by atoms with Crippen molar-refractivity contribution < 1.29 is 4.42 Å². The van der Waals surface area contributed by atoms with Gasteiger partial charge in [-0.15, -0.1) is 0 Å². The van der Waals surface area contributed by atoms with Crippen LogP contribution in [0.3, 0.4) is 0 Å². The minimum Gasteiger partial charge on any atom is -0.444 e. The van der Waals surface area contributed by atoms with Crippen LogP contribution in [0, 0.1) is 25.7 Å². The summed E-state index contributed by atoms with van der Waals surface area (Å²) in [4.78, 5) is 4.38. The second kappa shape index (κ2) is 5.67. The third-order valence-electron chi connectivity index (χ3n) is 4.04. The monoisotopic (exact) mass is 236 g/mol. The molecule has 0 radical (unpaired) electrons. The first-order valence-corrected chi connectivity index (χ1v) is 6.80. The Balaban J connectivity index is 1.75. The van der Waals surface area contributed by atoms with Gasteiger partial charge in [0.05, 0.1) is 12.2 Å². The van der Waals surface area contributed by atoms with Crippen molar-refractivity contribution in [2.45, 2.75) is 53.0 Å². The molecule has 1 N–H and O–H groups in total. The predicted molar refractivity (Wildman–Crippen MR) is 68.8 cm³/mol. The summed E-state index contributed by atoms with van der Waals surface area (Å²) in [6, 6.07) is 0. The van der Waals surface area contributed by atoms with E-state index in [1.807, 2.05) is 13.8 Å². The average molecular weight is 236 g/mol. The van der Waals surface area contributed by atoms with Crippen LogP contribution in [0.2, 0.25) is 0 Å². The maximum absolute atomic E-state index is 5.56. The summed E-state index contributed by atoms with van der Waals surface area (Å²) >= 11 is 0. The molecule has 0 saturated heterocycles. The number of oxazole rings is 1. The molecular weight excluding hydrogens is 212 g/mol. The fraction of sp³-hybridized carbons (Fsp3) is 0.786. The quantitative estimate of drug-likeness (QED) is 0.872. The summed E-state index contributed by atoms with van der Waals surface area (Å²) in [7, 11) is 0. The van der Waals surface area contributed by atoms with E-state index in [0.717, 1.165) is 42.3 Å². The van der Waals surface area contributed by atoms with Crippen LogP contribution in [0.25, 0.3) is 0 Å². The highest BCUT2D eigenvalue weighted by Crippen LogP contribution is 2.28. The van der Waals surface area contributed by atoms with Gasteiger partial charge in [0, 0.05) is 0 Å². The van der Waals surface area contributed by atoms with E-state index < -0.39 is 0 Å². The lowest BCUT2D eigenvalue weighted by Gasteiger charge is -2.28. The first kappa shape index (κ1) is 12.6. The van der Waals surface area contributed by atoms with E-state index in [1.54, 1.807) is 0 Å². The molecule has 17 heavy (non-hydrogen) atoms. The molecule has 2 unspecified atom stereocenters. The Hall–Kier alpha value is -0.830. The third-order valence-corrected chi connectivity index (χ3v) is 4.04. The Kier molecular flexibility index (Phi) is 4.21. The highest BCUT2D eigenvalue weighted by Gasteiger charge is 2.20. The van der Waals surface area contributed by atoms with Crippen molar-refractivity contribution in [2.75, 3.05) is 6.54 Å². The van der Waals surface area contributed by atoms with Crippen LogP contribution in [0.4, 0.5) is 0 Å². The van der Waals surface area contributed by atoms with E-state index in [4.69, 9.17) is 4.42 Å². The SMILES string of the molecule is Cc1nc(CNCC2CCCCC2C)oc1C. The molecule has 1 aliphatic carbocycles. The average Bonchev–Trinajstić information content (AvgIpc) is 2.61. The van der Waals surface area contributed by atoms with Crippen molar-refractivity contribution in [3.63, 3.8) is 0 Å². The van der Waals surface area contributed by atoms with E-state index in [9.17, 15) is 0 Å². The number of hydrogen-bond donors (Lipinski definition) is 1. The lowest BCUT2D eigenvalue weighted by Crippen LogP contribution is -2.29. The van der Waals surface area contributed by atoms with E-state index >= 15 is 0 Å². The largest absolute Gasteiger partial charge is 0.444 e. The standard InChI is InChI=1S/C14H24N2O/c1-10-6-4-5-7-13(10)8-15-9-14-16-11(2)12(3)17-14/h10,13,15H,4-9H2,1-3H3. The number of hydrogen-bond acceptors (Lipinski definition) is 3. The molecule has 2 atom stereocenters. The molecule has 0 aliphatic heterocycles. The molecule has 1 aromatic heterocycles. The van der Waals surface area contributed by atoms with Gasteiger partial charge in [0.1, 0.15) is 5.76 Å². The van der Waals surface area contributed by atoms with Gasteiger partial charge < -0.3 is 9.73 Å². The number of aryl methyl sites for hydroxylation is 2. The molecule has 3 nitrogen and oxygen atoms in total. The van der Waals surface area contributed by atoms with E-state index in [-0.39, 0.29) is 0 Å². The van der Waals surface area contributed by atoms with Crippen LogP contribution in [-0.4, -0.2) is 11.5 Å². The van der Waals surface area contributed by atoms with E-state index in [1.165, 1.54) is 25.7 Å². The molecule has 0 amide bonds. The fourth-order valence-electron chi connectivity index (χ4n) is 2.68. The first-order valence-electron chi connectivity index (χ1n) is 6.80. The highest BCUT2D eigenvalue weighted by atomic mass is 16.4. The minimum absolute atomic E-state index is 0.762. The van der Waals surface area contributed by atoms with E-state index in [0.29, 0.717) is 0 Å². The molecule has 1 aromatic rings. The van der Waals surface area contributed by atoms with Gasteiger partial charge in [0.15, 0.2) is 0 Å². The molecule has 1 heterocycles. The zero-order chi connectivity index (χ0) is 12.3. The number of nitrogens with one attached hydrogen (secondary N) is 1. The van der Waals surface area contributed by atoms with Crippen LogP contribution in [0.5, 0.6) is 0 Å². The maximum atomic E-state index is 5.56. The van der Waals surface area contributed by atoms with E-state index in [2.05, 4.69) is 17.2 Å². The van der Waals surface area contributed by atoms with Crippen LogP contribution >= 0.6 is 0 Å². The summed E-state index contributed by atoms with van der Waals surface area (Å²) in [5, 5.41) is 3.49. The number of rotatable bonds is 4. The van der Waals surface area contributed by atoms with Crippen molar-refractivity contribution in [3.05, 3.63) is 17.3 Å². The van der Waals surface area contributed by atoms with Gasteiger partial charge in [-0.2, -0.15) is 0 Å². The minimum atomic E-state index is 0.762. The number of nitrogens with zero attached hydrogens (tertiary/aromatic N) is 1. The van der Waals surface area contributed by atoms with Crippen LogP contribution in [0.1, 0.15) is 50.0 Å². The molecule has 0 spiro atoms. The predicted octanol–water partition coefficient (Wildman–Crippen LogP) is 3.21. The molecule has 0 bridgehead atoms. The zero-order valence-electron chi connectivity index (χ0n) is 11.3. The van der Waals surface area contributed by atoms with Gasteiger partial charge in [0.25, 0.3) is 0 Å². The smallest absolute Gasteiger partial charge is 0.208 e. The lowest BCUT2D eigenvalue weighted by molar-refractivity contribution is 0.245. The summed E-state index contributed by atoms with van der Waals surface area (Å²) in [5.41, 5.74) is 1.01. The Morgan fingerprint density at radius 2 is 2.06 bits per heavy atom. The van der Waals surface area contributed by atoms with Crippen molar-refractivity contribution in [3.8, 4) is 0 Å². The molecule has 3 heteroatoms. The molecular formula is C14H24N2O. The van der Waals surface area contributed by atoms with Gasteiger partial charge >= 0.3 is 0 Å². The highest BCUT2D eigenvalue weighted by molar-refractivity contribution is 5.05. The van der Waals surface area contributed by atoms with Gasteiger partial charge in [-0.3, -0.25) is 0 Å². The molecule has 0 aromatic carbocycles. The number of aromatic nitrogens is 1. The van der Waals surface area contributed by atoms with Crippen molar-refractivity contribution >= 4 is 0 Å². The van der Waals surface area contributed by atoms with Gasteiger partial charge in [-0.1, -0.05) is 26.2 Å². The normalized spacial score (nSPS) is 25.1. The summed E-state index contributed by atoms with van der Waals surface area (Å²) in [5.74, 6) is 3.46. The Labute approximate surface area is 104 Å². The maximum Gasteiger partial charge on any atom is 0.208 e. The molecule has 1 fully saturated rings. The Bertz CT molecular complexity index is 340. The lowest BCUT2D eigenvalue weighted by atomic mass is 9.80. The first-order chi connectivity index (χ1) is 8.16. The van der Waals surface area contributed by atoms with Gasteiger partial charge in [-0.25, -0.2) is 4.98 Å². The Morgan fingerprint density at radius 1 is 1.29 bits per heavy atom. The second-order valence-electron chi connectivity index (χ2n) is 5.40. The van der Waals surface area contributed by atoms with Crippen LogP contribution in [0.15, 0.2) is 4.42 Å². The van der Waals surface area contributed by atoms with Crippen LogP contribution < -0.4 is 5.32 Å². The molecule has 2 rings (SSSR count). The summed E-state index contributed by atoms with van der Waals surface area (Å²) < 4.78 is 5.56. The Morgan fingerprint density at radius 3 is 2.71 bits per heavy atom. The third kappa shape index (κ3) is 3.32. The topological polar surface area (TPSA) is 38.1 Å². The molecule has 96 valence electrons. The zero-order valence-corrected chi connectivity index (χ0v) is 11.3. The van der Waals surface area contributed by atoms with Crippen LogP contribution in [-0.2, 0) is 6.54 Å². The second-order valence-corrected chi connectivity index (χ2v) is 5.40. The van der Waals surface area contributed by atoms with Crippen molar-refractivity contribution in [1.82, 2.24) is 10.3 Å². The summed E-state index contributed by atoms with van der Waals surface area (Å²) in [6.45, 7) is 8.20. The van der Waals surface area contributed by atoms with Gasteiger partial charge in [-0.05, 0) is 38.6 Å². The van der Waals surface area contributed by atoms with Crippen molar-refractivity contribution in [1.29, 1.82) is 0 Å². The summed E-state index contributed by atoms with van der Waals surface area (Å²) in [6.07, 6.45) is 5.57.